The van der Waals surface area contributed by atoms with Gasteiger partial charge in [-0.3, -0.25) is 9.48 Å². The summed E-state index contributed by atoms with van der Waals surface area (Å²) >= 11 is 0.853. The van der Waals surface area contributed by atoms with Gasteiger partial charge < -0.3 is 26.4 Å². The Morgan fingerprint density at radius 3 is 2.69 bits per heavy atom. The maximum Gasteiger partial charge on any atom is 0.277 e. The summed E-state index contributed by atoms with van der Waals surface area (Å²) in [6, 6.07) is 3.45. The van der Waals surface area contributed by atoms with Crippen LogP contribution in [-0.2, 0) is 11.8 Å². The van der Waals surface area contributed by atoms with Crippen molar-refractivity contribution >= 4 is 33.8 Å². The summed E-state index contributed by atoms with van der Waals surface area (Å²) in [7, 11) is 3.51. The highest BCUT2D eigenvalue weighted by atomic mass is 32.1. The zero-order valence-electron chi connectivity index (χ0n) is 19.4. The summed E-state index contributed by atoms with van der Waals surface area (Å²) in [6.45, 7) is 1.41. The highest BCUT2D eigenvalue weighted by Gasteiger charge is 2.54. The number of amides is 1. The van der Waals surface area contributed by atoms with E-state index >= 15 is 0 Å². The Hall–Kier alpha value is -3.09. The van der Waals surface area contributed by atoms with E-state index in [1.807, 2.05) is 0 Å². The number of hydrogen-bond acceptors (Lipinski definition) is 8. The molecule has 9 nitrogen and oxygen atoms in total. The first-order valence-electron chi connectivity index (χ1n) is 11.3. The minimum atomic E-state index is -0.775. The van der Waals surface area contributed by atoms with Crippen LogP contribution in [0, 0.1) is 17.0 Å². The number of nitrogens with zero attached hydrogens (tertiary/aromatic N) is 4. The molecule has 12 heteroatoms. The van der Waals surface area contributed by atoms with Gasteiger partial charge in [0, 0.05) is 38.7 Å². The average Bonchev–Trinajstić information content (AvgIpc) is 3.38. The van der Waals surface area contributed by atoms with Crippen molar-refractivity contribution in [2.24, 2.45) is 18.2 Å². The van der Waals surface area contributed by atoms with Crippen LogP contribution in [0.2, 0.25) is 0 Å². The summed E-state index contributed by atoms with van der Waals surface area (Å²) in [4.78, 5) is 19.5. The van der Waals surface area contributed by atoms with Crippen LogP contribution in [0.15, 0.2) is 24.4 Å². The van der Waals surface area contributed by atoms with Gasteiger partial charge in [-0.05, 0) is 31.4 Å². The van der Waals surface area contributed by atoms with Crippen molar-refractivity contribution in [3.63, 3.8) is 0 Å². The van der Waals surface area contributed by atoms with Gasteiger partial charge in [-0.2, -0.15) is 5.10 Å². The first kappa shape index (κ1) is 23.6. The molecule has 2 atom stereocenters. The molecule has 2 aromatic heterocycles. The van der Waals surface area contributed by atoms with Gasteiger partial charge >= 0.3 is 0 Å². The summed E-state index contributed by atoms with van der Waals surface area (Å²) in [6.07, 6.45) is 4.33. The number of ether oxygens (including phenoxy) is 1. The number of aryl methyl sites for hydroxylation is 1. The van der Waals surface area contributed by atoms with Crippen LogP contribution in [0.1, 0.15) is 29.8 Å². The van der Waals surface area contributed by atoms with E-state index in [1.165, 1.54) is 6.07 Å². The molecule has 2 aliphatic rings. The molecule has 1 aliphatic heterocycles. The fourth-order valence-electron chi connectivity index (χ4n) is 5.05. The maximum absolute atomic E-state index is 14.2. The number of carbonyl (C=O) groups excluding carboxylic acids is 1. The lowest BCUT2D eigenvalue weighted by Gasteiger charge is -2.30. The number of nitrogen functional groups attached to an aromatic ring is 1. The Morgan fingerprint density at radius 2 is 2.03 bits per heavy atom. The third-order valence-corrected chi connectivity index (χ3v) is 7.78. The van der Waals surface area contributed by atoms with Crippen molar-refractivity contribution in [2.75, 3.05) is 36.1 Å². The van der Waals surface area contributed by atoms with Crippen LogP contribution in [0.25, 0.3) is 10.6 Å². The third-order valence-electron chi connectivity index (χ3n) is 6.88. The Labute approximate surface area is 205 Å². The van der Waals surface area contributed by atoms with Gasteiger partial charge in [-0.1, -0.05) is 17.4 Å². The van der Waals surface area contributed by atoms with Crippen LogP contribution < -0.4 is 21.7 Å². The lowest BCUT2D eigenvalue weighted by molar-refractivity contribution is 0.0275. The maximum atomic E-state index is 14.2. The summed E-state index contributed by atoms with van der Waals surface area (Å²) < 4.78 is 35.9. The van der Waals surface area contributed by atoms with E-state index < -0.39 is 17.5 Å². The Bertz CT molecular complexity index is 1250. The molecular formula is C23H27F2N7O2S. The molecular weight excluding hydrogens is 476 g/mol. The van der Waals surface area contributed by atoms with E-state index in [0.717, 1.165) is 55.1 Å². The van der Waals surface area contributed by atoms with E-state index in [0.29, 0.717) is 12.2 Å². The monoisotopic (exact) mass is 503 g/mol. The third kappa shape index (κ3) is 4.15. The number of nitrogens with two attached hydrogens (primary N) is 2. The first-order valence-corrected chi connectivity index (χ1v) is 12.1. The van der Waals surface area contributed by atoms with E-state index in [2.05, 4.69) is 20.3 Å². The number of anilines is 3. The van der Waals surface area contributed by atoms with Crippen molar-refractivity contribution in [1.82, 2.24) is 14.8 Å². The lowest BCUT2D eigenvalue weighted by Crippen LogP contribution is -2.43. The molecule has 186 valence electrons. The second kappa shape index (κ2) is 8.85. The standard InChI is InChI=1S/C23H27F2N7O2S/c1-31-22(32-9-6-14(26)18(34-2)23(11-32)7-8-23)15(10-28-31)29-20(33)17-19(27)35-21(30-17)16-12(24)4-3-5-13(16)25/h3-5,10,14,18H,6-9,11,26-27H2,1-2H3,(H,29,33)/t14-,18-/m1/s1. The molecule has 35 heavy (non-hydrogen) atoms. The van der Waals surface area contributed by atoms with E-state index in [4.69, 9.17) is 16.2 Å². The smallest absolute Gasteiger partial charge is 0.277 e. The topological polar surface area (TPSA) is 124 Å². The summed E-state index contributed by atoms with van der Waals surface area (Å²) in [5, 5.41) is 7.24. The van der Waals surface area contributed by atoms with Gasteiger partial charge in [-0.15, -0.1) is 0 Å². The molecule has 5 rings (SSSR count). The van der Waals surface area contributed by atoms with Crippen LogP contribution in [0.5, 0.6) is 0 Å². The molecule has 1 spiro atoms. The first-order chi connectivity index (χ1) is 16.7. The molecule has 3 heterocycles. The Kier molecular flexibility index (Phi) is 5.98. The zero-order valence-corrected chi connectivity index (χ0v) is 20.2. The molecule has 0 unspecified atom stereocenters. The second-order valence-electron chi connectivity index (χ2n) is 9.18. The number of nitrogens with one attached hydrogen (secondary N) is 1. The minimum absolute atomic E-state index is 0.00236. The van der Waals surface area contributed by atoms with Crippen LogP contribution in [0.3, 0.4) is 0 Å². The predicted molar refractivity (Wildman–Crippen MR) is 130 cm³/mol. The van der Waals surface area contributed by atoms with Gasteiger partial charge in [0.05, 0.1) is 17.9 Å². The Morgan fingerprint density at radius 1 is 1.31 bits per heavy atom. The largest absolute Gasteiger partial charge is 0.389 e. The molecule has 0 radical (unpaired) electrons. The van der Waals surface area contributed by atoms with Crippen LogP contribution in [-0.4, -0.2) is 53.0 Å². The number of benzene rings is 1. The minimum Gasteiger partial charge on any atom is -0.389 e. The molecule has 2 fully saturated rings. The van der Waals surface area contributed by atoms with Crippen molar-refractivity contribution in [3.8, 4) is 10.6 Å². The summed E-state index contributed by atoms with van der Waals surface area (Å²) in [5.41, 5.74) is 12.5. The van der Waals surface area contributed by atoms with Gasteiger partial charge in [-0.25, -0.2) is 13.8 Å². The van der Waals surface area contributed by atoms with E-state index in [9.17, 15) is 13.6 Å². The van der Waals surface area contributed by atoms with Crippen molar-refractivity contribution < 1.29 is 18.3 Å². The normalized spacial score (nSPS) is 21.2. The number of methoxy groups -OCH3 is 1. The highest BCUT2D eigenvalue weighted by molar-refractivity contribution is 7.19. The predicted octanol–water partition coefficient (Wildman–Crippen LogP) is 2.99. The molecule has 1 amide bonds. The van der Waals surface area contributed by atoms with Crippen molar-refractivity contribution in [3.05, 3.63) is 41.7 Å². The highest BCUT2D eigenvalue weighted by Crippen LogP contribution is 2.53. The fourth-order valence-corrected chi connectivity index (χ4v) is 5.93. The summed E-state index contributed by atoms with van der Waals surface area (Å²) in [5.74, 6) is -1.40. The molecule has 3 aromatic rings. The van der Waals surface area contributed by atoms with Crippen molar-refractivity contribution in [1.29, 1.82) is 0 Å². The zero-order chi connectivity index (χ0) is 24.9. The Balaban J connectivity index is 1.41. The quantitative estimate of drug-likeness (QED) is 0.489. The lowest BCUT2D eigenvalue weighted by atomic mass is 9.93. The number of rotatable bonds is 5. The number of thiazole rings is 1. The molecule has 1 aliphatic carbocycles. The van der Waals surface area contributed by atoms with Gasteiger partial charge in [0.2, 0.25) is 0 Å². The second-order valence-corrected chi connectivity index (χ2v) is 10.2. The molecule has 1 aromatic carbocycles. The molecule has 5 N–H and O–H groups in total. The number of aromatic nitrogens is 3. The van der Waals surface area contributed by atoms with Crippen molar-refractivity contribution in [2.45, 2.75) is 31.4 Å². The van der Waals surface area contributed by atoms with E-state index in [-0.39, 0.29) is 38.8 Å². The number of hydrogen-bond donors (Lipinski definition) is 3. The average molecular weight is 504 g/mol. The molecule has 1 saturated carbocycles. The van der Waals surface area contributed by atoms with E-state index in [1.54, 1.807) is 25.0 Å². The molecule has 0 bridgehead atoms. The van der Waals surface area contributed by atoms with Gasteiger partial charge in [0.15, 0.2) is 11.5 Å². The van der Waals surface area contributed by atoms with Gasteiger partial charge in [0.25, 0.3) is 5.91 Å². The molecule has 1 saturated heterocycles. The fraction of sp³-hybridized carbons (Fsp3) is 0.435. The van der Waals surface area contributed by atoms with Crippen LogP contribution >= 0.6 is 11.3 Å². The number of halogens is 2. The SMILES string of the molecule is CO[C@@H]1[C@H](N)CCN(c2c(NC(=O)c3nc(-c4c(F)cccc4F)sc3N)cnn2C)CC12CC2. The van der Waals surface area contributed by atoms with Crippen LogP contribution in [0.4, 0.5) is 25.3 Å². The van der Waals surface area contributed by atoms with Gasteiger partial charge in [0.1, 0.15) is 27.3 Å². The number of carbonyl (C=O) groups is 1.